The van der Waals surface area contributed by atoms with E-state index in [1.807, 2.05) is 30.3 Å². The second-order valence-electron chi connectivity index (χ2n) is 7.38. The zero-order chi connectivity index (χ0) is 18.6. The molecule has 26 heavy (non-hydrogen) atoms. The molecule has 6 heteroatoms. The molecule has 1 saturated carbocycles. The van der Waals surface area contributed by atoms with Gasteiger partial charge >= 0.3 is 0 Å². The van der Waals surface area contributed by atoms with Gasteiger partial charge in [0.2, 0.25) is 0 Å². The first kappa shape index (κ1) is 18.6. The summed E-state index contributed by atoms with van der Waals surface area (Å²) in [7, 11) is 0. The Labute approximate surface area is 154 Å². The largest absolute Gasteiger partial charge is 0.388 e. The van der Waals surface area contributed by atoms with Gasteiger partial charge in [-0.1, -0.05) is 43.9 Å². The molecule has 1 fully saturated rings. The van der Waals surface area contributed by atoms with E-state index >= 15 is 0 Å². The molecule has 1 amide bonds. The van der Waals surface area contributed by atoms with Crippen LogP contribution in [-0.2, 0) is 9.59 Å². The Kier molecular flexibility index (Phi) is 5.71. The van der Waals surface area contributed by atoms with Crippen LogP contribution in [0.1, 0.15) is 51.9 Å². The van der Waals surface area contributed by atoms with E-state index < -0.39 is 11.6 Å². The van der Waals surface area contributed by atoms with Gasteiger partial charge in [0.1, 0.15) is 11.8 Å². The first-order valence-corrected chi connectivity index (χ1v) is 9.41. The van der Waals surface area contributed by atoms with Crippen LogP contribution in [0.5, 0.6) is 0 Å². The lowest BCUT2D eigenvalue weighted by Crippen LogP contribution is -2.44. The van der Waals surface area contributed by atoms with Crippen molar-refractivity contribution in [3.8, 4) is 0 Å². The van der Waals surface area contributed by atoms with Crippen LogP contribution in [0.25, 0.3) is 0 Å². The van der Waals surface area contributed by atoms with Crippen molar-refractivity contribution in [3.63, 3.8) is 0 Å². The lowest BCUT2D eigenvalue weighted by molar-refractivity contribution is -0.118. The number of hydrogen-bond donors (Lipinski definition) is 2. The van der Waals surface area contributed by atoms with Crippen molar-refractivity contribution < 1.29 is 14.7 Å². The number of rotatable bonds is 5. The summed E-state index contributed by atoms with van der Waals surface area (Å²) in [5, 5.41) is 19.6. The molecule has 2 aliphatic rings. The lowest BCUT2D eigenvalue weighted by Gasteiger charge is -2.26. The predicted octanol–water partition coefficient (Wildman–Crippen LogP) is 2.41. The van der Waals surface area contributed by atoms with Crippen LogP contribution in [0.15, 0.2) is 35.4 Å². The van der Waals surface area contributed by atoms with Crippen molar-refractivity contribution in [2.75, 3.05) is 11.6 Å². The van der Waals surface area contributed by atoms with Gasteiger partial charge in [-0.15, -0.1) is 0 Å². The number of carbonyl (C=O) groups is 2. The Bertz CT molecular complexity index is 679. The van der Waals surface area contributed by atoms with Gasteiger partial charge in [0, 0.05) is 13.0 Å². The average Bonchev–Trinajstić information content (AvgIpc) is 2.98. The fraction of sp³-hybridized carbons (Fsp3) is 0.550. The maximum Gasteiger partial charge on any atom is 0.267 e. The van der Waals surface area contributed by atoms with Crippen LogP contribution in [0.4, 0.5) is 5.69 Å². The Morgan fingerprint density at radius 2 is 1.85 bits per heavy atom. The highest BCUT2D eigenvalue weighted by atomic mass is 16.3. The van der Waals surface area contributed by atoms with Gasteiger partial charge in [-0.3, -0.25) is 14.6 Å². The van der Waals surface area contributed by atoms with Crippen LogP contribution < -0.4 is 10.3 Å². The van der Waals surface area contributed by atoms with E-state index in [-0.39, 0.29) is 24.7 Å². The molecule has 1 heterocycles. The zero-order valence-electron chi connectivity index (χ0n) is 15.3. The smallest absolute Gasteiger partial charge is 0.267 e. The van der Waals surface area contributed by atoms with Crippen LogP contribution >= 0.6 is 0 Å². The molecule has 1 aliphatic carbocycles. The van der Waals surface area contributed by atoms with Crippen molar-refractivity contribution in [2.45, 2.75) is 63.5 Å². The van der Waals surface area contributed by atoms with Crippen LogP contribution in [0.3, 0.4) is 0 Å². The summed E-state index contributed by atoms with van der Waals surface area (Å²) in [5.74, 6) is -0.324. The summed E-state index contributed by atoms with van der Waals surface area (Å²) in [4.78, 5) is 24.6. The van der Waals surface area contributed by atoms with E-state index in [4.69, 9.17) is 0 Å². The van der Waals surface area contributed by atoms with Gasteiger partial charge in [-0.2, -0.15) is 5.10 Å². The fourth-order valence-corrected chi connectivity index (χ4v) is 3.69. The fourth-order valence-electron chi connectivity index (χ4n) is 3.69. The third kappa shape index (κ3) is 4.30. The predicted molar refractivity (Wildman–Crippen MR) is 101 cm³/mol. The number of carbonyl (C=O) groups excluding carboxylic acids is 2. The number of hydrogen-bond acceptors (Lipinski definition) is 5. The maximum absolute atomic E-state index is 12.6. The number of nitrogens with zero attached hydrogens (tertiary/aromatic N) is 2. The number of nitrogens with one attached hydrogen (secondary N) is 1. The van der Waals surface area contributed by atoms with Gasteiger partial charge in [-0.05, 0) is 31.9 Å². The second-order valence-corrected chi connectivity index (χ2v) is 7.38. The summed E-state index contributed by atoms with van der Waals surface area (Å²) in [6, 6.07) is 8.93. The van der Waals surface area contributed by atoms with E-state index in [2.05, 4.69) is 10.4 Å². The number of benzene rings is 1. The third-order valence-electron chi connectivity index (χ3n) is 5.27. The number of aliphatic hydroxyl groups is 1. The molecule has 0 saturated heterocycles. The highest BCUT2D eigenvalue weighted by molar-refractivity contribution is 6.40. The molecular formula is C20H27N3O3. The molecule has 1 aromatic rings. The Balaban J connectivity index is 1.68. The minimum absolute atomic E-state index is 0.0252. The number of Topliss-reactive ketones (excluding diaryl/α,β-unsaturated/α-hetero) is 1. The quantitative estimate of drug-likeness (QED) is 0.793. The van der Waals surface area contributed by atoms with Crippen LogP contribution in [-0.4, -0.2) is 40.7 Å². The number of para-hydroxylation sites is 1. The van der Waals surface area contributed by atoms with E-state index in [0.29, 0.717) is 18.6 Å². The van der Waals surface area contributed by atoms with Crippen molar-refractivity contribution in [1.82, 2.24) is 5.32 Å². The molecule has 140 valence electrons. The molecule has 0 radical (unpaired) electrons. The van der Waals surface area contributed by atoms with E-state index in [9.17, 15) is 14.7 Å². The number of amides is 1. The summed E-state index contributed by atoms with van der Waals surface area (Å²) >= 11 is 0. The van der Waals surface area contributed by atoms with Crippen molar-refractivity contribution in [1.29, 1.82) is 0 Å². The van der Waals surface area contributed by atoms with Gasteiger partial charge in [0.15, 0.2) is 5.78 Å². The molecule has 1 unspecified atom stereocenters. The summed E-state index contributed by atoms with van der Waals surface area (Å²) in [6.07, 6.45) is 5.96. The summed E-state index contributed by atoms with van der Waals surface area (Å²) < 4.78 is 0. The van der Waals surface area contributed by atoms with Gasteiger partial charge in [0.05, 0.1) is 11.3 Å². The van der Waals surface area contributed by atoms with E-state index in [1.165, 1.54) is 6.92 Å². The molecule has 2 N–H and O–H groups in total. The third-order valence-corrected chi connectivity index (χ3v) is 5.27. The van der Waals surface area contributed by atoms with Crippen LogP contribution in [0, 0.1) is 0 Å². The number of ketones is 1. The molecule has 3 rings (SSSR count). The van der Waals surface area contributed by atoms with E-state index in [0.717, 1.165) is 31.4 Å². The topological polar surface area (TPSA) is 82.0 Å². The zero-order valence-corrected chi connectivity index (χ0v) is 15.3. The number of hydrazone groups is 1. The Hall–Kier alpha value is -2.21. The Morgan fingerprint density at radius 1 is 1.19 bits per heavy atom. The molecule has 1 atom stereocenters. The monoisotopic (exact) mass is 357 g/mol. The lowest BCUT2D eigenvalue weighted by atomic mass is 9.94. The first-order valence-electron chi connectivity index (χ1n) is 9.41. The molecular weight excluding hydrogens is 330 g/mol. The van der Waals surface area contributed by atoms with Crippen LogP contribution in [0.2, 0.25) is 0 Å². The average molecular weight is 357 g/mol. The Morgan fingerprint density at radius 3 is 2.46 bits per heavy atom. The van der Waals surface area contributed by atoms with E-state index in [1.54, 1.807) is 5.01 Å². The molecule has 6 nitrogen and oxygen atoms in total. The van der Waals surface area contributed by atoms with Gasteiger partial charge in [-0.25, -0.2) is 0 Å². The number of anilines is 1. The highest BCUT2D eigenvalue weighted by Crippen LogP contribution is 2.27. The molecule has 1 aromatic carbocycles. The van der Waals surface area contributed by atoms with Crippen molar-refractivity contribution in [3.05, 3.63) is 30.3 Å². The molecule has 1 aliphatic heterocycles. The highest BCUT2D eigenvalue weighted by Gasteiger charge is 2.35. The van der Waals surface area contributed by atoms with Crippen molar-refractivity contribution >= 4 is 23.1 Å². The second kappa shape index (κ2) is 7.99. The molecule has 0 bridgehead atoms. The minimum Gasteiger partial charge on any atom is -0.388 e. The van der Waals surface area contributed by atoms with Gasteiger partial charge in [0.25, 0.3) is 5.91 Å². The minimum atomic E-state index is -0.829. The standard InChI is InChI=1S/C20H27N3O3/c1-15(24)18-13-17(22-23(18)16-9-5-4-6-10-16)19(25)21-14-20(26)11-7-2-3-8-12-20/h4-6,9-10,18,26H,2-3,7-8,11-14H2,1H3,(H,21,25). The SMILES string of the molecule is CC(=O)C1CC(C(=O)NCC2(O)CCCCCC2)=NN1c1ccccc1. The molecule has 0 spiro atoms. The molecule has 0 aromatic heterocycles. The summed E-state index contributed by atoms with van der Waals surface area (Å²) in [6.45, 7) is 1.76. The normalized spacial score (nSPS) is 22.5. The first-order chi connectivity index (χ1) is 12.5. The van der Waals surface area contributed by atoms with Gasteiger partial charge < -0.3 is 10.4 Å². The summed E-state index contributed by atoms with van der Waals surface area (Å²) in [5.41, 5.74) is 0.300. The van der Waals surface area contributed by atoms with Crippen molar-refractivity contribution in [2.24, 2.45) is 5.10 Å². The maximum atomic E-state index is 12.6.